The van der Waals surface area contributed by atoms with E-state index in [-0.39, 0.29) is 22.0 Å². The minimum absolute atomic E-state index is 0.122. The van der Waals surface area contributed by atoms with Crippen molar-refractivity contribution in [1.82, 2.24) is 59.8 Å². The van der Waals surface area contributed by atoms with Crippen LogP contribution in [0, 0.1) is 41.5 Å². The average Bonchev–Trinajstić information content (AvgIpc) is 1.60. The van der Waals surface area contributed by atoms with Gasteiger partial charge in [-0.1, -0.05) is 158 Å². The number of rotatable bonds is 10. The van der Waals surface area contributed by atoms with Crippen LogP contribution in [0.3, 0.4) is 0 Å². The first-order valence-corrected chi connectivity index (χ1v) is 38.6. The molecule has 8 aromatic carbocycles. The van der Waals surface area contributed by atoms with Crippen LogP contribution in [0.25, 0.3) is 181 Å². The number of phenolic OH excluding ortho intramolecular Hbond substituents is 1. The van der Waals surface area contributed by atoms with E-state index in [2.05, 4.69) is 263 Å². The first kappa shape index (κ1) is 70.8. The summed E-state index contributed by atoms with van der Waals surface area (Å²) in [4.78, 5) is 58.6. The highest BCUT2D eigenvalue weighted by atomic mass is 16.5. The standard InChI is InChI=1S/C97H88N12O3/c1-51-43-53(3)81(54(4)44-51)85-77-37-33-73(98-77)83(57-17-24-62(110)25-18-57)74-34-38-78(99-74)86(82-55(5)45-52(2)46-56(82)6)80-40-36-76(101-80)84(75-35-39-79(85)100-75)58-19-26-63(27-20-58)111-41-16-42-112-64-28-32-68-72(50-64)94-108-89-67-31-23-61(97(13,14)15)49-71(67)92(106-89)104-87-65-29-21-59(95(7,8)9)47-69(65)91(102-87)103-88-66-30-22-60(96(10,11)12)48-70(66)93(105-88)107-90(68)109-94/h17-40,43-50,98,101,110H,16,41-42H2,1-15H3,(H2,102,103,104,105,106,107,108,109). The Bertz CT molecular complexity index is 6620. The van der Waals surface area contributed by atoms with Gasteiger partial charge in [-0.2, -0.15) is 0 Å². The van der Waals surface area contributed by atoms with Crippen LogP contribution in [-0.4, -0.2) is 78.1 Å². The van der Waals surface area contributed by atoms with Crippen molar-refractivity contribution in [3.05, 3.63) is 243 Å². The van der Waals surface area contributed by atoms with Crippen molar-refractivity contribution in [2.75, 3.05) is 13.2 Å². The number of H-pyrrole nitrogens is 4. The molecule has 6 aromatic heterocycles. The minimum atomic E-state index is -0.141. The number of aromatic nitrogens is 12. The number of hydrogen-bond acceptors (Lipinski definition) is 11. The Kier molecular flexibility index (Phi) is 16.9. The molecule has 0 saturated heterocycles. The fourth-order valence-corrected chi connectivity index (χ4v) is 16.5. The van der Waals surface area contributed by atoms with E-state index in [4.69, 9.17) is 49.3 Å². The van der Waals surface area contributed by atoms with Crippen LogP contribution in [0.2, 0.25) is 0 Å². The molecule has 0 fully saturated rings. The SMILES string of the molecule is Cc1cc(C)c(-c2c3nc(c(-c4ccc(OCCCOc5ccc6c(c5)-c5nc-6nc6[nH]c(nc7nc(nc8[nH]c(n5)c5ccc(C(C)(C)C)cc85)-c5ccc(C(C)(C)C)cc5-7)c5ccc(C(C)(C)C)cc65)cc4)c4ccc([nH]4)c(-c4c(C)cc(C)cc4C)c4nc(c(-c5ccc(O)cc5)c5ccc2[nH]5)C=C4)C=C3)c(C)c1. The molecular formula is C97H88N12O3. The molecule has 16 bridgehead atoms. The van der Waals surface area contributed by atoms with Gasteiger partial charge in [0.25, 0.3) is 0 Å². The molecule has 0 unspecified atom stereocenters. The van der Waals surface area contributed by atoms with Gasteiger partial charge in [0.1, 0.15) is 39.8 Å². The molecule has 0 radical (unpaired) electrons. The lowest BCUT2D eigenvalue weighted by atomic mass is 9.85. The van der Waals surface area contributed by atoms with E-state index in [9.17, 15) is 5.11 Å². The number of hydrogen-bond donors (Lipinski definition) is 5. The van der Waals surface area contributed by atoms with Gasteiger partial charge in [0.05, 0.1) is 36.0 Å². The van der Waals surface area contributed by atoms with Gasteiger partial charge in [0, 0.05) is 94.5 Å². The van der Waals surface area contributed by atoms with Crippen molar-refractivity contribution in [2.24, 2.45) is 0 Å². The van der Waals surface area contributed by atoms with Gasteiger partial charge in [-0.25, -0.2) is 39.9 Å². The van der Waals surface area contributed by atoms with Gasteiger partial charge >= 0.3 is 0 Å². The topological polar surface area (TPSA) is 205 Å². The van der Waals surface area contributed by atoms with Crippen molar-refractivity contribution in [1.29, 1.82) is 0 Å². The highest BCUT2D eigenvalue weighted by molar-refractivity contribution is 6.08. The predicted octanol–water partition coefficient (Wildman–Crippen LogP) is 23.8. The van der Waals surface area contributed by atoms with Crippen LogP contribution in [-0.2, 0) is 16.2 Å². The molecule has 0 saturated carbocycles. The van der Waals surface area contributed by atoms with E-state index >= 15 is 0 Å². The van der Waals surface area contributed by atoms with Crippen molar-refractivity contribution in [2.45, 2.75) is 127 Å². The lowest BCUT2D eigenvalue weighted by molar-refractivity contribution is 0.247. The number of aryl methyl sites for hydroxylation is 6. The fourth-order valence-electron chi connectivity index (χ4n) is 16.5. The van der Waals surface area contributed by atoms with Crippen LogP contribution in [0.15, 0.2) is 170 Å². The van der Waals surface area contributed by atoms with Gasteiger partial charge < -0.3 is 34.5 Å². The molecule has 0 spiro atoms. The zero-order valence-corrected chi connectivity index (χ0v) is 65.9. The van der Waals surface area contributed by atoms with Gasteiger partial charge in [0.15, 0.2) is 23.3 Å². The second-order valence-electron chi connectivity index (χ2n) is 33.5. The Morgan fingerprint density at radius 3 is 1.09 bits per heavy atom. The Labute approximate surface area is 650 Å². The van der Waals surface area contributed by atoms with Crippen LogP contribution >= 0.6 is 0 Å². The highest BCUT2D eigenvalue weighted by Gasteiger charge is 2.29. The predicted molar refractivity (Wildman–Crippen MR) is 458 cm³/mol. The lowest BCUT2D eigenvalue weighted by Gasteiger charge is -2.19. The monoisotopic (exact) mass is 1470 g/mol. The Morgan fingerprint density at radius 2 is 0.652 bits per heavy atom. The molecule has 0 amide bonds. The number of ether oxygens (including phenoxy) is 2. The molecule has 14 aromatic rings. The van der Waals surface area contributed by atoms with Gasteiger partial charge in [-0.05, 0) is 228 Å². The van der Waals surface area contributed by atoms with Crippen LogP contribution in [0.5, 0.6) is 17.2 Å². The molecule has 10 heterocycles. The van der Waals surface area contributed by atoms with Gasteiger partial charge in [0.2, 0.25) is 0 Å². The number of phenols is 1. The van der Waals surface area contributed by atoms with Gasteiger partial charge in [-0.3, -0.25) is 0 Å². The Morgan fingerprint density at radius 1 is 0.304 bits per heavy atom. The quantitative estimate of drug-likeness (QED) is 0.0815. The molecule has 4 aliphatic rings. The summed E-state index contributed by atoms with van der Waals surface area (Å²) in [5.74, 6) is 3.71. The number of nitrogens with zero attached hydrogens (tertiary/aromatic N) is 8. The van der Waals surface area contributed by atoms with E-state index in [1.54, 1.807) is 12.1 Å². The van der Waals surface area contributed by atoms with E-state index in [1.165, 1.54) is 27.8 Å². The highest BCUT2D eigenvalue weighted by Crippen LogP contribution is 2.45. The molecule has 0 aliphatic carbocycles. The van der Waals surface area contributed by atoms with Crippen molar-refractivity contribution in [3.63, 3.8) is 0 Å². The Balaban J connectivity index is 0.701. The largest absolute Gasteiger partial charge is 0.508 e. The van der Waals surface area contributed by atoms with Crippen LogP contribution < -0.4 is 9.47 Å². The summed E-state index contributed by atoms with van der Waals surface area (Å²) in [6.45, 7) is 33.8. The van der Waals surface area contributed by atoms with E-state index in [1.807, 2.05) is 42.5 Å². The maximum Gasteiger partial charge on any atom is 0.164 e. The van der Waals surface area contributed by atoms with Crippen molar-refractivity contribution >= 4 is 90.5 Å². The third-order valence-electron chi connectivity index (χ3n) is 22.1. The fraction of sp³-hybridized carbons (Fsp3) is 0.216. The molecule has 5 N–H and O–H groups in total. The van der Waals surface area contributed by atoms with Crippen molar-refractivity contribution < 1.29 is 14.6 Å². The molecule has 0 atom stereocenters. The van der Waals surface area contributed by atoms with E-state index < -0.39 is 0 Å². The van der Waals surface area contributed by atoms with Gasteiger partial charge in [-0.15, -0.1) is 0 Å². The van der Waals surface area contributed by atoms with E-state index in [0.29, 0.717) is 71.3 Å². The first-order valence-electron chi connectivity index (χ1n) is 38.6. The molecule has 4 aliphatic heterocycles. The normalized spacial score (nSPS) is 12.7. The average molecular weight is 1470 g/mol. The third-order valence-corrected chi connectivity index (χ3v) is 22.1. The van der Waals surface area contributed by atoms with Crippen LogP contribution in [0.1, 0.15) is 142 Å². The third kappa shape index (κ3) is 12.8. The maximum atomic E-state index is 10.6. The zero-order chi connectivity index (χ0) is 77.6. The first-order chi connectivity index (χ1) is 53.7. The zero-order valence-electron chi connectivity index (χ0n) is 65.9. The second-order valence-corrected chi connectivity index (χ2v) is 33.5. The molecule has 15 heteroatoms. The van der Waals surface area contributed by atoms with E-state index in [0.717, 1.165) is 161 Å². The molecule has 18 rings (SSSR count). The summed E-state index contributed by atoms with van der Waals surface area (Å²) < 4.78 is 13.2. The number of benzene rings is 8. The summed E-state index contributed by atoms with van der Waals surface area (Å²) in [5.41, 5.74) is 30.9. The second kappa shape index (κ2) is 26.7. The summed E-state index contributed by atoms with van der Waals surface area (Å²) in [7, 11) is 0. The summed E-state index contributed by atoms with van der Waals surface area (Å²) in [6.07, 6.45) is 9.13. The summed E-state index contributed by atoms with van der Waals surface area (Å²) in [5, 5.41) is 14.2. The molecule has 112 heavy (non-hydrogen) atoms. The number of fused-ring (bicyclic) bond motifs is 28. The minimum Gasteiger partial charge on any atom is -0.508 e. The number of aromatic hydroxyl groups is 1. The molecular weight excluding hydrogens is 1380 g/mol. The lowest BCUT2D eigenvalue weighted by Crippen LogP contribution is -2.10. The molecule has 554 valence electrons. The number of nitrogens with one attached hydrogen (secondary N) is 4. The van der Waals surface area contributed by atoms with Crippen LogP contribution in [0.4, 0.5) is 0 Å². The summed E-state index contributed by atoms with van der Waals surface area (Å²) >= 11 is 0. The number of aromatic amines is 4. The summed E-state index contributed by atoms with van der Waals surface area (Å²) in [6, 6.07) is 59.0. The maximum absolute atomic E-state index is 10.6. The van der Waals surface area contributed by atoms with Crippen molar-refractivity contribution in [3.8, 4) is 107 Å². The smallest absolute Gasteiger partial charge is 0.164 e. The molecule has 15 nitrogen and oxygen atoms in total. The Hall–Kier alpha value is -12.9.